The molecule has 24 heavy (non-hydrogen) atoms. The summed E-state index contributed by atoms with van der Waals surface area (Å²) in [5.74, 6) is 1.09. The van der Waals surface area contributed by atoms with Crippen molar-refractivity contribution in [3.63, 3.8) is 0 Å². The molecule has 0 spiro atoms. The van der Waals surface area contributed by atoms with Gasteiger partial charge in [0.2, 0.25) is 5.91 Å². The Morgan fingerprint density at radius 2 is 2.08 bits per heavy atom. The Kier molecular flexibility index (Phi) is 5.75. The number of nitrogens with zero attached hydrogens (tertiary/aromatic N) is 2. The molecular weight excluding hydrogens is 318 g/mol. The van der Waals surface area contributed by atoms with Crippen molar-refractivity contribution in [2.24, 2.45) is 5.92 Å². The van der Waals surface area contributed by atoms with Crippen LogP contribution in [0, 0.1) is 12.8 Å². The number of benzene rings is 1. The van der Waals surface area contributed by atoms with Crippen molar-refractivity contribution in [3.8, 4) is 0 Å². The molecule has 5 heteroatoms. The second-order valence-electron chi connectivity index (χ2n) is 6.16. The van der Waals surface area contributed by atoms with E-state index < -0.39 is 0 Å². The molecule has 1 unspecified atom stereocenters. The molecular formula is C19H23N3OS. The maximum absolute atomic E-state index is 12.0. The SMILES string of the molecule is Cc1ccccc1N1CCC(CNC(=O)CSc2ccncc2)C1. The molecule has 3 rings (SSSR count). The summed E-state index contributed by atoms with van der Waals surface area (Å²) in [7, 11) is 0. The van der Waals surface area contributed by atoms with Crippen molar-refractivity contribution in [3.05, 3.63) is 54.4 Å². The first-order chi connectivity index (χ1) is 11.7. The van der Waals surface area contributed by atoms with Gasteiger partial charge in [-0.25, -0.2) is 0 Å². The van der Waals surface area contributed by atoms with Gasteiger partial charge in [0.1, 0.15) is 0 Å². The molecule has 1 aromatic carbocycles. The number of amides is 1. The van der Waals surface area contributed by atoms with Crippen LogP contribution in [0.5, 0.6) is 0 Å². The molecule has 1 aromatic heterocycles. The molecule has 1 amide bonds. The minimum atomic E-state index is 0.103. The van der Waals surface area contributed by atoms with Gasteiger partial charge in [0.05, 0.1) is 5.75 Å². The molecule has 2 heterocycles. The van der Waals surface area contributed by atoms with Crippen molar-refractivity contribution in [2.75, 3.05) is 30.3 Å². The number of anilines is 1. The molecule has 1 aliphatic rings. The Hall–Kier alpha value is -2.01. The smallest absolute Gasteiger partial charge is 0.230 e. The largest absolute Gasteiger partial charge is 0.371 e. The number of nitrogens with one attached hydrogen (secondary N) is 1. The number of thioether (sulfide) groups is 1. The third-order valence-electron chi connectivity index (χ3n) is 4.35. The maximum Gasteiger partial charge on any atom is 0.230 e. The summed E-state index contributed by atoms with van der Waals surface area (Å²) in [6.45, 7) is 5.00. The first kappa shape index (κ1) is 16.8. The van der Waals surface area contributed by atoms with Gasteiger partial charge in [-0.1, -0.05) is 18.2 Å². The standard InChI is InChI=1S/C19H23N3OS/c1-15-4-2-3-5-18(15)22-11-8-16(13-22)12-21-19(23)14-24-17-6-9-20-10-7-17/h2-7,9-10,16H,8,11-14H2,1H3,(H,21,23). The third-order valence-corrected chi connectivity index (χ3v) is 5.36. The van der Waals surface area contributed by atoms with Crippen molar-refractivity contribution >= 4 is 23.4 Å². The molecule has 126 valence electrons. The van der Waals surface area contributed by atoms with Crippen LogP contribution < -0.4 is 10.2 Å². The molecule has 1 saturated heterocycles. The number of aromatic nitrogens is 1. The van der Waals surface area contributed by atoms with Crippen LogP contribution >= 0.6 is 11.8 Å². The minimum absolute atomic E-state index is 0.103. The van der Waals surface area contributed by atoms with Crippen LogP contribution in [0.1, 0.15) is 12.0 Å². The fourth-order valence-corrected chi connectivity index (χ4v) is 3.74. The zero-order chi connectivity index (χ0) is 16.8. The highest BCUT2D eigenvalue weighted by molar-refractivity contribution is 8.00. The molecule has 0 radical (unpaired) electrons. The van der Waals surface area contributed by atoms with Crippen molar-refractivity contribution in [1.82, 2.24) is 10.3 Å². The van der Waals surface area contributed by atoms with E-state index >= 15 is 0 Å². The number of carbonyl (C=O) groups excluding carboxylic acids is 1. The quantitative estimate of drug-likeness (QED) is 0.820. The van der Waals surface area contributed by atoms with Crippen molar-refractivity contribution < 1.29 is 4.79 Å². The number of hydrogen-bond acceptors (Lipinski definition) is 4. The van der Waals surface area contributed by atoms with E-state index in [-0.39, 0.29) is 5.91 Å². The Balaban J connectivity index is 1.41. The fraction of sp³-hybridized carbons (Fsp3) is 0.368. The summed E-state index contributed by atoms with van der Waals surface area (Å²) in [6, 6.07) is 12.4. The summed E-state index contributed by atoms with van der Waals surface area (Å²) >= 11 is 1.55. The molecule has 1 fully saturated rings. The molecule has 1 aliphatic heterocycles. The summed E-state index contributed by atoms with van der Waals surface area (Å²) in [5.41, 5.74) is 2.63. The third kappa shape index (κ3) is 4.51. The lowest BCUT2D eigenvalue weighted by molar-refractivity contribution is -0.118. The second kappa shape index (κ2) is 8.20. The highest BCUT2D eigenvalue weighted by atomic mass is 32.2. The first-order valence-electron chi connectivity index (χ1n) is 8.32. The predicted molar refractivity (Wildman–Crippen MR) is 99.5 cm³/mol. The van der Waals surface area contributed by atoms with E-state index in [1.807, 2.05) is 12.1 Å². The van der Waals surface area contributed by atoms with E-state index in [2.05, 4.69) is 46.4 Å². The van der Waals surface area contributed by atoms with Gasteiger partial charge in [0.25, 0.3) is 0 Å². The van der Waals surface area contributed by atoms with Crippen LogP contribution in [0.25, 0.3) is 0 Å². The van der Waals surface area contributed by atoms with Crippen LogP contribution in [-0.2, 0) is 4.79 Å². The molecule has 0 saturated carbocycles. The number of pyridine rings is 1. The average molecular weight is 341 g/mol. The number of para-hydroxylation sites is 1. The average Bonchev–Trinajstić information content (AvgIpc) is 3.08. The molecule has 0 aliphatic carbocycles. The topological polar surface area (TPSA) is 45.2 Å². The van der Waals surface area contributed by atoms with Gasteiger partial charge in [0, 0.05) is 42.6 Å². The monoisotopic (exact) mass is 341 g/mol. The Morgan fingerprint density at radius 1 is 1.29 bits per heavy atom. The van der Waals surface area contributed by atoms with Crippen molar-refractivity contribution in [2.45, 2.75) is 18.2 Å². The Bertz CT molecular complexity index is 677. The van der Waals surface area contributed by atoms with Gasteiger partial charge in [-0.15, -0.1) is 11.8 Å². The van der Waals surface area contributed by atoms with Gasteiger partial charge >= 0.3 is 0 Å². The van der Waals surface area contributed by atoms with Crippen LogP contribution in [0.4, 0.5) is 5.69 Å². The van der Waals surface area contributed by atoms with Gasteiger partial charge in [-0.3, -0.25) is 9.78 Å². The van der Waals surface area contributed by atoms with Gasteiger partial charge in [-0.05, 0) is 43.0 Å². The summed E-state index contributed by atoms with van der Waals surface area (Å²) < 4.78 is 0. The molecule has 1 N–H and O–H groups in total. The highest BCUT2D eigenvalue weighted by Crippen LogP contribution is 2.26. The lowest BCUT2D eigenvalue weighted by Crippen LogP contribution is -2.32. The van der Waals surface area contributed by atoms with E-state index in [0.717, 1.165) is 31.0 Å². The summed E-state index contributed by atoms with van der Waals surface area (Å²) in [6.07, 6.45) is 4.63. The lowest BCUT2D eigenvalue weighted by atomic mass is 10.1. The van der Waals surface area contributed by atoms with Crippen molar-refractivity contribution in [1.29, 1.82) is 0 Å². The second-order valence-corrected chi connectivity index (χ2v) is 7.21. The van der Waals surface area contributed by atoms with Gasteiger partial charge < -0.3 is 10.2 Å². The normalized spacial score (nSPS) is 17.0. The van der Waals surface area contributed by atoms with E-state index in [4.69, 9.17) is 0 Å². The summed E-state index contributed by atoms with van der Waals surface area (Å²) in [5, 5.41) is 3.08. The number of aryl methyl sites for hydroxylation is 1. The molecule has 4 nitrogen and oxygen atoms in total. The Morgan fingerprint density at radius 3 is 2.88 bits per heavy atom. The molecule has 0 bridgehead atoms. The van der Waals surface area contributed by atoms with Crippen LogP contribution in [0.15, 0.2) is 53.7 Å². The zero-order valence-corrected chi connectivity index (χ0v) is 14.8. The molecule has 1 atom stereocenters. The van der Waals surface area contributed by atoms with Crippen LogP contribution in [-0.4, -0.2) is 36.3 Å². The van der Waals surface area contributed by atoms with Gasteiger partial charge in [-0.2, -0.15) is 0 Å². The van der Waals surface area contributed by atoms with E-state index in [1.165, 1.54) is 11.3 Å². The highest BCUT2D eigenvalue weighted by Gasteiger charge is 2.23. The van der Waals surface area contributed by atoms with Crippen LogP contribution in [0.3, 0.4) is 0 Å². The minimum Gasteiger partial charge on any atom is -0.371 e. The summed E-state index contributed by atoms with van der Waals surface area (Å²) in [4.78, 5) is 19.5. The Labute approximate surface area is 147 Å². The van der Waals surface area contributed by atoms with E-state index in [9.17, 15) is 4.79 Å². The van der Waals surface area contributed by atoms with E-state index in [1.54, 1.807) is 24.2 Å². The molecule has 2 aromatic rings. The predicted octanol–water partition coefficient (Wildman–Crippen LogP) is 3.12. The van der Waals surface area contributed by atoms with E-state index in [0.29, 0.717) is 11.7 Å². The number of carbonyl (C=O) groups is 1. The first-order valence-corrected chi connectivity index (χ1v) is 9.31. The number of rotatable bonds is 6. The van der Waals surface area contributed by atoms with Crippen LogP contribution in [0.2, 0.25) is 0 Å². The lowest BCUT2D eigenvalue weighted by Gasteiger charge is -2.21. The van der Waals surface area contributed by atoms with Gasteiger partial charge in [0.15, 0.2) is 0 Å². The zero-order valence-electron chi connectivity index (χ0n) is 13.9. The maximum atomic E-state index is 12.0. The fourth-order valence-electron chi connectivity index (χ4n) is 3.03. The number of hydrogen-bond donors (Lipinski definition) is 1.